The van der Waals surface area contributed by atoms with Gasteiger partial charge in [0.05, 0.1) is 5.57 Å². The van der Waals surface area contributed by atoms with E-state index in [-0.39, 0.29) is 5.57 Å². The lowest BCUT2D eigenvalue weighted by atomic mass is 10.0. The molecule has 0 fully saturated rings. The first-order valence-electron chi connectivity index (χ1n) is 3.11. The molecule has 64 valence electrons. The van der Waals surface area contributed by atoms with E-state index in [4.69, 9.17) is 0 Å². The molecule has 0 aliphatic heterocycles. The van der Waals surface area contributed by atoms with E-state index in [0.29, 0.717) is 0 Å². The van der Waals surface area contributed by atoms with E-state index in [1.54, 1.807) is 0 Å². The molecule has 0 spiro atoms. The Balaban J connectivity index is 2.99. The SMILES string of the molecule is C=C1C=C(C(F)(F)F)C=CC1=O. The highest BCUT2D eigenvalue weighted by molar-refractivity contribution is 6.07. The van der Waals surface area contributed by atoms with Crippen molar-refractivity contribution in [2.75, 3.05) is 0 Å². The maximum atomic E-state index is 12.0. The van der Waals surface area contributed by atoms with Crippen molar-refractivity contribution in [3.8, 4) is 0 Å². The summed E-state index contributed by atoms with van der Waals surface area (Å²) >= 11 is 0. The minimum absolute atomic E-state index is 0.134. The minimum Gasteiger partial charge on any atom is -0.289 e. The van der Waals surface area contributed by atoms with Gasteiger partial charge in [0.25, 0.3) is 0 Å². The highest BCUT2D eigenvalue weighted by Crippen LogP contribution is 2.29. The number of rotatable bonds is 0. The van der Waals surface area contributed by atoms with Crippen molar-refractivity contribution in [1.29, 1.82) is 0 Å². The van der Waals surface area contributed by atoms with Crippen LogP contribution in [-0.2, 0) is 4.79 Å². The van der Waals surface area contributed by atoms with Crippen LogP contribution in [0.5, 0.6) is 0 Å². The Bertz CT molecular complexity index is 294. The van der Waals surface area contributed by atoms with Gasteiger partial charge < -0.3 is 0 Å². The maximum absolute atomic E-state index is 12.0. The molecule has 0 unspecified atom stereocenters. The largest absolute Gasteiger partial charge is 0.416 e. The molecule has 0 saturated carbocycles. The summed E-state index contributed by atoms with van der Waals surface area (Å²) in [4.78, 5) is 10.7. The summed E-state index contributed by atoms with van der Waals surface area (Å²) in [6.07, 6.45) is -2.05. The summed E-state index contributed by atoms with van der Waals surface area (Å²) in [5.41, 5.74) is -0.975. The fourth-order valence-electron chi connectivity index (χ4n) is 0.756. The highest BCUT2D eigenvalue weighted by atomic mass is 19.4. The van der Waals surface area contributed by atoms with Gasteiger partial charge in [-0.15, -0.1) is 0 Å². The molecule has 1 aliphatic carbocycles. The number of hydrogen-bond donors (Lipinski definition) is 0. The van der Waals surface area contributed by atoms with Crippen molar-refractivity contribution in [1.82, 2.24) is 0 Å². The van der Waals surface area contributed by atoms with Gasteiger partial charge in [0, 0.05) is 5.57 Å². The first-order chi connectivity index (χ1) is 5.41. The number of carbonyl (C=O) groups is 1. The first kappa shape index (κ1) is 8.77. The van der Waals surface area contributed by atoms with Gasteiger partial charge in [0.2, 0.25) is 0 Å². The Morgan fingerprint density at radius 3 is 2.25 bits per heavy atom. The quantitative estimate of drug-likeness (QED) is 0.514. The minimum atomic E-state index is -4.40. The van der Waals surface area contributed by atoms with E-state index in [1.165, 1.54) is 0 Å². The lowest BCUT2D eigenvalue weighted by Gasteiger charge is -2.10. The normalized spacial score (nSPS) is 18.1. The zero-order valence-corrected chi connectivity index (χ0v) is 5.98. The van der Waals surface area contributed by atoms with Crippen molar-refractivity contribution < 1.29 is 18.0 Å². The lowest BCUT2D eigenvalue weighted by Crippen LogP contribution is -2.14. The molecule has 0 aromatic carbocycles. The van der Waals surface area contributed by atoms with Crippen LogP contribution < -0.4 is 0 Å². The number of hydrogen-bond acceptors (Lipinski definition) is 1. The van der Waals surface area contributed by atoms with E-state index in [0.717, 1.165) is 18.2 Å². The zero-order valence-electron chi connectivity index (χ0n) is 5.98. The Labute approximate surface area is 66.9 Å². The number of allylic oxidation sites excluding steroid dienone is 5. The summed E-state index contributed by atoms with van der Waals surface area (Å²) in [6.45, 7) is 3.18. The molecular weight excluding hydrogens is 169 g/mol. The van der Waals surface area contributed by atoms with Crippen molar-refractivity contribution in [3.05, 3.63) is 36.0 Å². The zero-order chi connectivity index (χ0) is 9.35. The molecule has 1 aliphatic rings. The molecule has 0 amide bonds. The van der Waals surface area contributed by atoms with Crippen LogP contribution in [0.15, 0.2) is 36.0 Å². The Morgan fingerprint density at radius 1 is 1.25 bits per heavy atom. The van der Waals surface area contributed by atoms with E-state index in [1.807, 2.05) is 0 Å². The van der Waals surface area contributed by atoms with Crippen LogP contribution in [0.25, 0.3) is 0 Å². The van der Waals surface area contributed by atoms with Crippen molar-refractivity contribution in [3.63, 3.8) is 0 Å². The van der Waals surface area contributed by atoms with Gasteiger partial charge in [-0.1, -0.05) is 6.58 Å². The van der Waals surface area contributed by atoms with Gasteiger partial charge in [-0.2, -0.15) is 13.2 Å². The first-order valence-corrected chi connectivity index (χ1v) is 3.11. The molecule has 0 aromatic heterocycles. The molecule has 0 radical (unpaired) electrons. The molecule has 0 saturated heterocycles. The van der Waals surface area contributed by atoms with Gasteiger partial charge in [0.15, 0.2) is 5.78 Å². The summed E-state index contributed by atoms with van der Waals surface area (Å²) in [5, 5.41) is 0. The smallest absolute Gasteiger partial charge is 0.289 e. The van der Waals surface area contributed by atoms with Crippen LogP contribution in [0.3, 0.4) is 0 Å². The third-order valence-electron chi connectivity index (χ3n) is 1.39. The van der Waals surface area contributed by atoms with Crippen LogP contribution in [0.1, 0.15) is 0 Å². The van der Waals surface area contributed by atoms with Crippen LogP contribution >= 0.6 is 0 Å². The Hall–Kier alpha value is -1.32. The van der Waals surface area contributed by atoms with Gasteiger partial charge in [-0.25, -0.2) is 0 Å². The predicted molar refractivity (Wildman–Crippen MR) is 37.4 cm³/mol. The topological polar surface area (TPSA) is 17.1 Å². The van der Waals surface area contributed by atoms with Gasteiger partial charge in [0.1, 0.15) is 0 Å². The van der Waals surface area contributed by atoms with Crippen molar-refractivity contribution >= 4 is 5.78 Å². The molecule has 0 bridgehead atoms. The van der Waals surface area contributed by atoms with Gasteiger partial charge in [-0.3, -0.25) is 4.79 Å². The van der Waals surface area contributed by atoms with Crippen molar-refractivity contribution in [2.45, 2.75) is 6.18 Å². The van der Waals surface area contributed by atoms with Crippen LogP contribution in [0.4, 0.5) is 13.2 Å². The second-order valence-corrected chi connectivity index (χ2v) is 2.32. The molecule has 0 N–H and O–H groups in total. The second-order valence-electron chi connectivity index (χ2n) is 2.32. The molecule has 0 heterocycles. The van der Waals surface area contributed by atoms with Crippen molar-refractivity contribution in [2.24, 2.45) is 0 Å². The molecule has 0 aromatic rings. The molecule has 4 heteroatoms. The third-order valence-corrected chi connectivity index (χ3v) is 1.39. The van der Waals surface area contributed by atoms with E-state index in [9.17, 15) is 18.0 Å². The van der Waals surface area contributed by atoms with Gasteiger partial charge >= 0.3 is 6.18 Å². The highest BCUT2D eigenvalue weighted by Gasteiger charge is 2.33. The lowest BCUT2D eigenvalue weighted by molar-refractivity contribution is -0.111. The average molecular weight is 174 g/mol. The molecular formula is C8H5F3O. The standard InChI is InChI=1S/C8H5F3O/c1-5-4-6(8(9,10)11)2-3-7(5)12/h2-4H,1H2. The maximum Gasteiger partial charge on any atom is 0.416 e. The molecule has 1 nitrogen and oxygen atoms in total. The van der Waals surface area contributed by atoms with Crippen LogP contribution in [-0.4, -0.2) is 12.0 Å². The summed E-state index contributed by atoms with van der Waals surface area (Å²) in [5.74, 6) is -0.483. The van der Waals surface area contributed by atoms with Gasteiger partial charge in [-0.05, 0) is 18.2 Å². The molecule has 12 heavy (non-hydrogen) atoms. The average Bonchev–Trinajstić information content (AvgIpc) is 1.92. The van der Waals surface area contributed by atoms with Crippen LogP contribution in [0, 0.1) is 0 Å². The number of alkyl halides is 3. The fraction of sp³-hybridized carbons (Fsp3) is 0.125. The van der Waals surface area contributed by atoms with Crippen LogP contribution in [0.2, 0.25) is 0 Å². The van der Waals surface area contributed by atoms with E-state index >= 15 is 0 Å². The second kappa shape index (κ2) is 2.62. The number of carbonyl (C=O) groups excluding carboxylic acids is 1. The molecule has 0 atom stereocenters. The van der Waals surface area contributed by atoms with E-state index in [2.05, 4.69) is 6.58 Å². The molecule has 1 rings (SSSR count). The Kier molecular flexibility index (Phi) is 1.92. The third kappa shape index (κ3) is 1.64. The Morgan fingerprint density at radius 2 is 1.83 bits per heavy atom. The van der Waals surface area contributed by atoms with E-state index < -0.39 is 17.5 Å². The fourth-order valence-corrected chi connectivity index (χ4v) is 0.756. The number of halogens is 3. The predicted octanol–water partition coefficient (Wildman–Crippen LogP) is 2.17. The summed E-state index contributed by atoms with van der Waals surface area (Å²) in [6, 6.07) is 0. The monoisotopic (exact) mass is 174 g/mol. The summed E-state index contributed by atoms with van der Waals surface area (Å²) in [7, 11) is 0. The summed E-state index contributed by atoms with van der Waals surface area (Å²) < 4.78 is 35.9. The number of ketones is 1.